The van der Waals surface area contributed by atoms with Gasteiger partial charge in [0.25, 0.3) is 0 Å². The lowest BCUT2D eigenvalue weighted by atomic mass is 10.0. The van der Waals surface area contributed by atoms with Crippen molar-refractivity contribution in [2.45, 2.75) is 37.6 Å². The molecule has 0 heterocycles. The van der Waals surface area contributed by atoms with Crippen LogP contribution in [-0.2, 0) is 25.8 Å². The minimum atomic E-state index is -3.30. The third kappa shape index (κ3) is 8.00. The molecule has 0 radical (unpaired) electrons. The number of benzene rings is 2. The Hall–Kier alpha value is -2.87. The number of likely N-dealkylation sites (N-methyl/N-ethyl adjacent to an activating group) is 1. The van der Waals surface area contributed by atoms with Gasteiger partial charge in [-0.05, 0) is 36.1 Å². The third-order valence-electron chi connectivity index (χ3n) is 4.97. The summed E-state index contributed by atoms with van der Waals surface area (Å²) in [4.78, 5) is 27.1. The maximum absolute atomic E-state index is 12.9. The van der Waals surface area contributed by atoms with Gasteiger partial charge in [-0.15, -0.1) is 0 Å². The van der Waals surface area contributed by atoms with Crippen molar-refractivity contribution in [1.82, 2.24) is 10.2 Å². The van der Waals surface area contributed by atoms with Gasteiger partial charge in [0.1, 0.15) is 11.8 Å². The van der Waals surface area contributed by atoms with Crippen LogP contribution in [0.4, 0.5) is 0 Å². The van der Waals surface area contributed by atoms with E-state index in [-0.39, 0.29) is 29.0 Å². The van der Waals surface area contributed by atoms with E-state index in [1.165, 1.54) is 12.1 Å². The first-order valence-corrected chi connectivity index (χ1v) is 12.5. The summed E-state index contributed by atoms with van der Waals surface area (Å²) in [6, 6.07) is 15.1. The summed E-state index contributed by atoms with van der Waals surface area (Å²) in [5.74, 6) is 0.0704. The number of carbonyl (C=O) groups is 2. The molecule has 0 saturated heterocycles. The molecule has 2 amide bonds. The summed E-state index contributed by atoms with van der Waals surface area (Å²) in [6.07, 6.45) is 1.94. The molecular weight excluding hydrogens is 428 g/mol. The fraction of sp³-hybridized carbons (Fsp3) is 0.417. The number of nitrogens with zero attached hydrogens (tertiary/aromatic N) is 1. The number of rotatable bonds is 11. The molecule has 2 aromatic rings. The van der Waals surface area contributed by atoms with Crippen molar-refractivity contribution in [3.8, 4) is 5.75 Å². The Kier molecular flexibility index (Phi) is 9.26. The van der Waals surface area contributed by atoms with Crippen molar-refractivity contribution < 1.29 is 22.7 Å². The Morgan fingerprint density at radius 3 is 2.38 bits per heavy atom. The fourth-order valence-corrected chi connectivity index (χ4v) is 3.81. The molecule has 2 aromatic carbocycles. The van der Waals surface area contributed by atoms with E-state index in [0.29, 0.717) is 25.3 Å². The normalized spacial score (nSPS) is 12.3. The number of hydrogen-bond donors (Lipinski definition) is 1. The summed E-state index contributed by atoms with van der Waals surface area (Å²) >= 11 is 0. The molecular formula is C24H32N2O5S. The average molecular weight is 461 g/mol. The standard InChI is InChI=1S/C24H32N2O5S/c1-18(2)23(25-22(27)16-19-10-6-5-7-11-19)24(28)26(3)14-9-15-31-20-12-8-13-21(17-20)32(4,29)30/h5-8,10-13,17-18,23H,9,14-16H2,1-4H3,(H,25,27). The van der Waals surface area contributed by atoms with Crippen LogP contribution in [0, 0.1) is 5.92 Å². The van der Waals surface area contributed by atoms with E-state index < -0.39 is 15.9 Å². The van der Waals surface area contributed by atoms with E-state index in [0.717, 1.165) is 11.8 Å². The summed E-state index contributed by atoms with van der Waals surface area (Å²) < 4.78 is 28.9. The fourth-order valence-electron chi connectivity index (χ4n) is 3.15. The van der Waals surface area contributed by atoms with Gasteiger partial charge >= 0.3 is 0 Å². The van der Waals surface area contributed by atoms with Crippen molar-refractivity contribution in [3.05, 3.63) is 60.2 Å². The molecule has 7 nitrogen and oxygen atoms in total. The van der Waals surface area contributed by atoms with Crippen LogP contribution in [0.2, 0.25) is 0 Å². The number of carbonyl (C=O) groups excluding carboxylic acids is 2. The highest BCUT2D eigenvalue weighted by Crippen LogP contribution is 2.17. The molecule has 1 atom stereocenters. The Bertz CT molecular complexity index is 1010. The molecule has 0 bridgehead atoms. The van der Waals surface area contributed by atoms with E-state index in [1.54, 1.807) is 24.1 Å². The maximum atomic E-state index is 12.9. The monoisotopic (exact) mass is 460 g/mol. The highest BCUT2D eigenvalue weighted by Gasteiger charge is 2.26. The van der Waals surface area contributed by atoms with E-state index in [2.05, 4.69) is 5.32 Å². The van der Waals surface area contributed by atoms with E-state index in [4.69, 9.17) is 4.74 Å². The molecule has 8 heteroatoms. The molecule has 1 N–H and O–H groups in total. The van der Waals surface area contributed by atoms with Crippen LogP contribution in [0.5, 0.6) is 5.75 Å². The smallest absolute Gasteiger partial charge is 0.245 e. The minimum absolute atomic E-state index is 0.0559. The topological polar surface area (TPSA) is 92.8 Å². The van der Waals surface area contributed by atoms with Gasteiger partial charge in [0.15, 0.2) is 9.84 Å². The van der Waals surface area contributed by atoms with Crippen molar-refractivity contribution in [1.29, 1.82) is 0 Å². The zero-order chi connectivity index (χ0) is 23.7. The van der Waals surface area contributed by atoms with Crippen LogP contribution in [-0.4, -0.2) is 57.6 Å². The number of hydrogen-bond acceptors (Lipinski definition) is 5. The van der Waals surface area contributed by atoms with Gasteiger partial charge in [0.05, 0.1) is 17.9 Å². The first-order chi connectivity index (χ1) is 15.1. The van der Waals surface area contributed by atoms with Gasteiger partial charge < -0.3 is 15.0 Å². The third-order valence-corrected chi connectivity index (χ3v) is 6.08. The Balaban J connectivity index is 1.84. The lowest BCUT2D eigenvalue weighted by molar-refractivity contribution is -0.136. The molecule has 0 aromatic heterocycles. The molecule has 0 saturated carbocycles. The van der Waals surface area contributed by atoms with Crippen molar-refractivity contribution in [3.63, 3.8) is 0 Å². The second kappa shape index (κ2) is 11.7. The SMILES string of the molecule is CC(C)C(NC(=O)Cc1ccccc1)C(=O)N(C)CCCOc1cccc(S(C)(=O)=O)c1. The van der Waals surface area contributed by atoms with Gasteiger partial charge in [-0.2, -0.15) is 0 Å². The summed E-state index contributed by atoms with van der Waals surface area (Å²) in [5, 5.41) is 2.86. The second-order valence-corrected chi connectivity index (χ2v) is 10.2. The predicted molar refractivity (Wildman–Crippen MR) is 124 cm³/mol. The van der Waals surface area contributed by atoms with E-state index in [9.17, 15) is 18.0 Å². The van der Waals surface area contributed by atoms with Gasteiger partial charge in [-0.1, -0.05) is 50.2 Å². The molecule has 0 spiro atoms. The zero-order valence-electron chi connectivity index (χ0n) is 19.1. The van der Waals surface area contributed by atoms with Crippen LogP contribution in [0.1, 0.15) is 25.8 Å². The van der Waals surface area contributed by atoms with E-state index >= 15 is 0 Å². The number of ether oxygens (including phenoxy) is 1. The molecule has 1 unspecified atom stereocenters. The molecule has 2 rings (SSSR count). The Morgan fingerprint density at radius 2 is 1.75 bits per heavy atom. The molecule has 174 valence electrons. The summed E-state index contributed by atoms with van der Waals surface area (Å²) in [6.45, 7) is 4.58. The van der Waals surface area contributed by atoms with Gasteiger partial charge in [0, 0.05) is 19.8 Å². The highest BCUT2D eigenvalue weighted by molar-refractivity contribution is 7.90. The van der Waals surface area contributed by atoms with Crippen LogP contribution >= 0.6 is 0 Å². The molecule has 0 aliphatic rings. The maximum Gasteiger partial charge on any atom is 0.245 e. The lowest BCUT2D eigenvalue weighted by Crippen LogP contribution is -2.50. The number of amides is 2. The van der Waals surface area contributed by atoms with Crippen LogP contribution in [0.25, 0.3) is 0 Å². The summed E-state index contributed by atoms with van der Waals surface area (Å²) in [5.41, 5.74) is 0.894. The molecule has 32 heavy (non-hydrogen) atoms. The van der Waals surface area contributed by atoms with Crippen LogP contribution in [0.3, 0.4) is 0 Å². The molecule has 0 aliphatic heterocycles. The first-order valence-electron chi connectivity index (χ1n) is 10.6. The Morgan fingerprint density at radius 1 is 1.06 bits per heavy atom. The zero-order valence-corrected chi connectivity index (χ0v) is 19.9. The van der Waals surface area contributed by atoms with Crippen molar-refractivity contribution in [2.75, 3.05) is 26.5 Å². The molecule has 0 aliphatic carbocycles. The van der Waals surface area contributed by atoms with Crippen molar-refractivity contribution >= 4 is 21.7 Å². The Labute approximate surface area is 190 Å². The van der Waals surface area contributed by atoms with Crippen LogP contribution < -0.4 is 10.1 Å². The van der Waals surface area contributed by atoms with Gasteiger partial charge in [0.2, 0.25) is 11.8 Å². The summed E-state index contributed by atoms with van der Waals surface area (Å²) in [7, 11) is -1.60. The second-order valence-electron chi connectivity index (χ2n) is 8.16. The largest absolute Gasteiger partial charge is 0.493 e. The minimum Gasteiger partial charge on any atom is -0.493 e. The van der Waals surface area contributed by atoms with Gasteiger partial charge in [-0.3, -0.25) is 9.59 Å². The van der Waals surface area contributed by atoms with Crippen molar-refractivity contribution in [2.24, 2.45) is 5.92 Å². The predicted octanol–water partition coefficient (Wildman–Crippen LogP) is 2.70. The quantitative estimate of drug-likeness (QED) is 0.521. The van der Waals surface area contributed by atoms with Gasteiger partial charge in [-0.25, -0.2) is 8.42 Å². The van der Waals surface area contributed by atoms with Crippen LogP contribution in [0.15, 0.2) is 59.5 Å². The number of sulfone groups is 1. The number of nitrogens with one attached hydrogen (secondary N) is 1. The highest BCUT2D eigenvalue weighted by atomic mass is 32.2. The average Bonchev–Trinajstić information content (AvgIpc) is 2.74. The lowest BCUT2D eigenvalue weighted by Gasteiger charge is -2.27. The first kappa shape index (κ1) is 25.4. The van der Waals surface area contributed by atoms with E-state index in [1.807, 2.05) is 44.2 Å². The molecule has 0 fully saturated rings.